The highest BCUT2D eigenvalue weighted by atomic mass is 16.5. The van der Waals surface area contributed by atoms with E-state index in [0.29, 0.717) is 12.1 Å². The number of benzene rings is 1. The van der Waals surface area contributed by atoms with Crippen LogP contribution in [0.1, 0.15) is 57.3 Å². The van der Waals surface area contributed by atoms with Crippen molar-refractivity contribution in [2.45, 2.75) is 47.0 Å². The molecule has 3 atom stereocenters. The minimum Gasteiger partial charge on any atom is -0.478 e. The molecular weight excluding hydrogens is 384 g/mol. The molecule has 0 radical (unpaired) electrons. The number of amides is 1. The fourth-order valence-electron chi connectivity index (χ4n) is 3.46. The number of rotatable bonds is 11. The minimum absolute atomic E-state index is 0.0559. The number of hydrogen-bond acceptors (Lipinski definition) is 5. The van der Waals surface area contributed by atoms with E-state index in [1.165, 1.54) is 30.3 Å². The summed E-state index contributed by atoms with van der Waals surface area (Å²) >= 11 is 0. The number of aromatic carboxylic acids is 1. The molecule has 0 spiro atoms. The number of carboxylic acid groups (broad SMARTS) is 1. The maximum atomic E-state index is 13.1. The van der Waals surface area contributed by atoms with Crippen LogP contribution in [0.2, 0.25) is 0 Å². The highest BCUT2D eigenvalue weighted by molar-refractivity contribution is 5.96. The molecule has 0 aliphatic heterocycles. The van der Waals surface area contributed by atoms with Crippen molar-refractivity contribution in [1.29, 1.82) is 5.26 Å². The second-order valence-corrected chi connectivity index (χ2v) is 8.11. The molecule has 0 saturated carbocycles. The Balaban J connectivity index is 3.11. The van der Waals surface area contributed by atoms with Gasteiger partial charge in [-0.15, -0.1) is 0 Å². The number of anilines is 1. The summed E-state index contributed by atoms with van der Waals surface area (Å²) in [6, 6.07) is 8.00. The second kappa shape index (κ2) is 10.6. The number of ether oxygens (including phenoxy) is 1. The van der Waals surface area contributed by atoms with Crippen molar-refractivity contribution in [2.24, 2.45) is 16.7 Å². The minimum atomic E-state index is -1.05. The third-order valence-corrected chi connectivity index (χ3v) is 5.30. The number of esters is 1. The summed E-state index contributed by atoms with van der Waals surface area (Å²) in [5.41, 5.74) is -1.36. The fourth-order valence-corrected chi connectivity index (χ4v) is 3.46. The number of nitriles is 1. The van der Waals surface area contributed by atoms with Gasteiger partial charge in [-0.1, -0.05) is 26.5 Å². The first-order valence-electron chi connectivity index (χ1n) is 9.84. The summed E-state index contributed by atoms with van der Waals surface area (Å²) in [6.45, 7) is 10.7. The van der Waals surface area contributed by atoms with Crippen molar-refractivity contribution in [3.05, 3.63) is 42.5 Å². The third kappa shape index (κ3) is 6.45. The lowest BCUT2D eigenvalue weighted by Gasteiger charge is -2.37. The van der Waals surface area contributed by atoms with Gasteiger partial charge in [0.25, 0.3) is 0 Å². The van der Waals surface area contributed by atoms with Gasteiger partial charge >= 0.3 is 11.9 Å². The average molecular weight is 415 g/mol. The summed E-state index contributed by atoms with van der Waals surface area (Å²) in [4.78, 5) is 36.9. The van der Waals surface area contributed by atoms with E-state index >= 15 is 0 Å². The van der Waals surface area contributed by atoms with Crippen LogP contribution in [-0.4, -0.2) is 29.6 Å². The van der Waals surface area contributed by atoms with Crippen LogP contribution in [0.4, 0.5) is 5.69 Å². The van der Waals surface area contributed by atoms with Crippen molar-refractivity contribution >= 4 is 23.5 Å². The molecule has 0 heterocycles. The monoisotopic (exact) mass is 414 g/mol. The Morgan fingerprint density at radius 2 is 1.87 bits per heavy atom. The van der Waals surface area contributed by atoms with Crippen LogP contribution in [0, 0.1) is 28.1 Å². The number of carboxylic acids is 1. The predicted molar refractivity (Wildman–Crippen MR) is 114 cm³/mol. The number of carbonyl (C=O) groups excluding carboxylic acids is 2. The van der Waals surface area contributed by atoms with Crippen molar-refractivity contribution in [3.63, 3.8) is 0 Å². The highest BCUT2D eigenvalue weighted by Crippen LogP contribution is 2.42. The smallest absolute Gasteiger partial charge is 0.335 e. The first kappa shape index (κ1) is 24.9. The normalized spacial score (nSPS) is 15.6. The second-order valence-electron chi connectivity index (χ2n) is 8.11. The quantitative estimate of drug-likeness (QED) is 0.409. The lowest BCUT2D eigenvalue weighted by atomic mass is 9.67. The molecule has 0 aromatic heterocycles. The number of nitrogens with one attached hydrogen (secondary N) is 1. The average Bonchev–Trinajstić information content (AvgIpc) is 2.71. The van der Waals surface area contributed by atoms with Gasteiger partial charge in [-0.2, -0.15) is 5.26 Å². The standard InChI is InChI=1S/C23H30N2O5/c1-6-12-30-21(29)23(5,13-16(3)14-24)15-22(4,7-2)20(28)25-18-10-8-17(9-11-18)19(26)27/h6,8-11,16H,1,7,12-13,15H2,2-5H3,(H,25,28)(H,26,27). The van der Waals surface area contributed by atoms with Crippen LogP contribution < -0.4 is 5.32 Å². The maximum Gasteiger partial charge on any atom is 0.335 e. The van der Waals surface area contributed by atoms with Crippen molar-refractivity contribution in [3.8, 4) is 6.07 Å². The van der Waals surface area contributed by atoms with Gasteiger partial charge in [0, 0.05) is 17.0 Å². The zero-order valence-electron chi connectivity index (χ0n) is 18.0. The highest BCUT2D eigenvalue weighted by Gasteiger charge is 2.45. The Labute approximate surface area is 177 Å². The van der Waals surface area contributed by atoms with Crippen molar-refractivity contribution in [2.75, 3.05) is 11.9 Å². The molecule has 0 saturated heterocycles. The van der Waals surface area contributed by atoms with Gasteiger partial charge in [-0.3, -0.25) is 9.59 Å². The first-order valence-corrected chi connectivity index (χ1v) is 9.84. The summed E-state index contributed by atoms with van der Waals surface area (Å²) < 4.78 is 5.27. The van der Waals surface area contributed by atoms with E-state index in [-0.39, 0.29) is 36.8 Å². The molecule has 2 N–H and O–H groups in total. The summed E-state index contributed by atoms with van der Waals surface area (Å²) in [5, 5.41) is 21.0. The van der Waals surface area contributed by atoms with E-state index < -0.39 is 22.8 Å². The molecule has 0 aliphatic rings. The van der Waals surface area contributed by atoms with E-state index in [4.69, 9.17) is 9.84 Å². The van der Waals surface area contributed by atoms with Gasteiger partial charge in [-0.25, -0.2) is 4.79 Å². The molecule has 7 nitrogen and oxygen atoms in total. The topological polar surface area (TPSA) is 116 Å². The van der Waals surface area contributed by atoms with Crippen LogP contribution in [-0.2, 0) is 14.3 Å². The molecule has 0 bridgehead atoms. The SMILES string of the molecule is C=CCOC(=O)C(C)(CC(C)C#N)CC(C)(CC)C(=O)Nc1ccc(C(=O)O)cc1. The molecule has 30 heavy (non-hydrogen) atoms. The maximum absolute atomic E-state index is 13.1. The molecule has 1 aromatic rings. The third-order valence-electron chi connectivity index (χ3n) is 5.30. The zero-order chi connectivity index (χ0) is 22.9. The van der Waals surface area contributed by atoms with E-state index in [1.54, 1.807) is 20.8 Å². The first-order chi connectivity index (χ1) is 14.0. The predicted octanol–water partition coefficient (Wildman–Crippen LogP) is 4.41. The van der Waals surface area contributed by atoms with Gasteiger partial charge in [0.15, 0.2) is 0 Å². The van der Waals surface area contributed by atoms with E-state index in [2.05, 4.69) is 18.0 Å². The largest absolute Gasteiger partial charge is 0.478 e. The Bertz CT molecular complexity index is 827. The fraction of sp³-hybridized carbons (Fsp3) is 0.478. The molecule has 3 unspecified atom stereocenters. The lowest BCUT2D eigenvalue weighted by Crippen LogP contribution is -2.42. The van der Waals surface area contributed by atoms with Crippen LogP contribution in [0.3, 0.4) is 0 Å². The van der Waals surface area contributed by atoms with Crippen LogP contribution in [0.25, 0.3) is 0 Å². The Morgan fingerprint density at radius 1 is 1.27 bits per heavy atom. The number of hydrogen-bond donors (Lipinski definition) is 2. The molecule has 7 heteroatoms. The molecule has 0 fully saturated rings. The Morgan fingerprint density at radius 3 is 2.33 bits per heavy atom. The molecule has 162 valence electrons. The van der Waals surface area contributed by atoms with Crippen LogP contribution in [0.5, 0.6) is 0 Å². The van der Waals surface area contributed by atoms with E-state index in [9.17, 15) is 19.6 Å². The van der Waals surface area contributed by atoms with Crippen LogP contribution in [0.15, 0.2) is 36.9 Å². The van der Waals surface area contributed by atoms with Gasteiger partial charge in [-0.05, 0) is 57.4 Å². The van der Waals surface area contributed by atoms with Crippen molar-refractivity contribution in [1.82, 2.24) is 0 Å². The molecule has 0 aliphatic carbocycles. The Hall–Kier alpha value is -3.14. The molecule has 1 amide bonds. The molecular formula is C23H30N2O5. The van der Waals surface area contributed by atoms with Crippen LogP contribution >= 0.6 is 0 Å². The molecule has 1 rings (SSSR count). The van der Waals surface area contributed by atoms with Gasteiger partial charge in [0.2, 0.25) is 5.91 Å². The van der Waals surface area contributed by atoms with Gasteiger partial charge in [0.05, 0.1) is 17.0 Å². The summed E-state index contributed by atoms with van der Waals surface area (Å²) in [5.74, 6) is -2.20. The molecule has 1 aromatic carbocycles. The van der Waals surface area contributed by atoms with Gasteiger partial charge < -0.3 is 15.2 Å². The number of carbonyl (C=O) groups is 3. The van der Waals surface area contributed by atoms with E-state index in [0.717, 1.165) is 0 Å². The van der Waals surface area contributed by atoms with E-state index in [1.807, 2.05) is 6.92 Å². The summed E-state index contributed by atoms with van der Waals surface area (Å²) in [7, 11) is 0. The van der Waals surface area contributed by atoms with Gasteiger partial charge in [0.1, 0.15) is 6.61 Å². The number of nitrogens with zero attached hydrogens (tertiary/aromatic N) is 1. The summed E-state index contributed by atoms with van der Waals surface area (Å²) in [6.07, 6.45) is 2.38. The zero-order valence-corrected chi connectivity index (χ0v) is 18.0. The Kier molecular flexibility index (Phi) is 8.78. The van der Waals surface area contributed by atoms with Crippen molar-refractivity contribution < 1.29 is 24.2 Å². The lowest BCUT2D eigenvalue weighted by molar-refractivity contribution is -0.157.